The van der Waals surface area contributed by atoms with E-state index in [0.29, 0.717) is 51.4 Å². The van der Waals surface area contributed by atoms with E-state index in [-0.39, 0.29) is 12.6 Å². The second-order valence-electron chi connectivity index (χ2n) is 5.73. The fourth-order valence-electron chi connectivity index (χ4n) is 3.07. The van der Waals surface area contributed by atoms with E-state index in [4.69, 9.17) is 18.9 Å². The number of hydrogen-bond acceptors (Lipinski definition) is 7. The number of esters is 1. The van der Waals surface area contributed by atoms with Crippen molar-refractivity contribution in [3.8, 4) is 5.88 Å². The average Bonchev–Trinajstić information content (AvgIpc) is 3.20. The number of carbonyl (C=O) groups excluding carboxylic acids is 1. The van der Waals surface area contributed by atoms with Crippen molar-refractivity contribution < 1.29 is 23.7 Å². The molecule has 3 rings (SSSR count). The molecule has 1 saturated heterocycles. The van der Waals surface area contributed by atoms with Crippen LogP contribution in [-0.2, 0) is 19.0 Å². The maximum atomic E-state index is 12.5. The van der Waals surface area contributed by atoms with Gasteiger partial charge in [-0.3, -0.25) is 4.79 Å². The summed E-state index contributed by atoms with van der Waals surface area (Å²) in [5.41, 5.74) is -0.639. The molecule has 7 heteroatoms. The molecule has 1 aromatic rings. The van der Waals surface area contributed by atoms with Gasteiger partial charge in [0.1, 0.15) is 12.0 Å². The van der Waals surface area contributed by atoms with Gasteiger partial charge in [0, 0.05) is 24.3 Å². The van der Waals surface area contributed by atoms with Gasteiger partial charge in [0.2, 0.25) is 5.88 Å². The van der Waals surface area contributed by atoms with Gasteiger partial charge in [-0.2, -0.15) is 4.37 Å². The van der Waals surface area contributed by atoms with Gasteiger partial charge in [0.15, 0.2) is 5.79 Å². The normalized spacial score (nSPS) is 22.6. The molecule has 2 aliphatic rings. The molecule has 1 aliphatic heterocycles. The third-order valence-electron chi connectivity index (χ3n) is 4.40. The maximum absolute atomic E-state index is 12.5. The van der Waals surface area contributed by atoms with Crippen LogP contribution in [0, 0.1) is 5.41 Å². The summed E-state index contributed by atoms with van der Waals surface area (Å²) in [6.45, 7) is 3.73. The number of hydrogen-bond donors (Lipinski definition) is 0. The van der Waals surface area contributed by atoms with Crippen molar-refractivity contribution in [2.45, 2.75) is 38.4 Å². The van der Waals surface area contributed by atoms with Gasteiger partial charge >= 0.3 is 5.97 Å². The van der Waals surface area contributed by atoms with Crippen molar-refractivity contribution in [1.29, 1.82) is 0 Å². The van der Waals surface area contributed by atoms with Crippen molar-refractivity contribution in [3.63, 3.8) is 0 Å². The second kappa shape index (κ2) is 6.52. The van der Waals surface area contributed by atoms with Crippen LogP contribution in [0.15, 0.2) is 11.4 Å². The maximum Gasteiger partial charge on any atom is 0.315 e. The number of rotatable bonds is 5. The highest BCUT2D eigenvalue weighted by Crippen LogP contribution is 2.45. The van der Waals surface area contributed by atoms with E-state index in [0.717, 1.165) is 0 Å². The minimum absolute atomic E-state index is 0.196. The zero-order valence-corrected chi connectivity index (χ0v) is 13.5. The molecule has 0 aromatic carbocycles. The molecule has 1 saturated carbocycles. The Labute approximate surface area is 133 Å². The molecule has 1 spiro atoms. The van der Waals surface area contributed by atoms with Crippen LogP contribution in [0.25, 0.3) is 0 Å². The number of carbonyl (C=O) groups is 1. The zero-order chi connectivity index (χ0) is 15.5. The summed E-state index contributed by atoms with van der Waals surface area (Å²) in [5, 5.41) is 1.85. The number of nitrogens with zero attached hydrogens (tertiary/aromatic N) is 1. The van der Waals surface area contributed by atoms with Gasteiger partial charge in [-0.15, -0.1) is 0 Å². The van der Waals surface area contributed by atoms with E-state index in [2.05, 4.69) is 4.37 Å². The molecule has 2 heterocycles. The van der Waals surface area contributed by atoms with Crippen molar-refractivity contribution in [3.05, 3.63) is 11.4 Å². The Bertz CT molecular complexity index is 488. The Morgan fingerprint density at radius 1 is 1.32 bits per heavy atom. The molecular weight excluding hydrogens is 306 g/mol. The number of ether oxygens (including phenoxy) is 4. The minimum Gasteiger partial charge on any atom is -0.476 e. The van der Waals surface area contributed by atoms with Crippen LogP contribution in [0.4, 0.5) is 0 Å². The summed E-state index contributed by atoms with van der Waals surface area (Å²) in [7, 11) is 0. The molecule has 22 heavy (non-hydrogen) atoms. The first-order valence-corrected chi connectivity index (χ1v) is 8.50. The van der Waals surface area contributed by atoms with Crippen LogP contribution >= 0.6 is 11.5 Å². The topological polar surface area (TPSA) is 66.9 Å². The average molecular weight is 327 g/mol. The first-order chi connectivity index (χ1) is 10.7. The molecule has 122 valence electrons. The first kappa shape index (κ1) is 15.7. The summed E-state index contributed by atoms with van der Waals surface area (Å²) in [4.78, 5) is 12.5. The van der Waals surface area contributed by atoms with Crippen molar-refractivity contribution in [2.75, 3.05) is 26.4 Å². The predicted molar refractivity (Wildman–Crippen MR) is 79.8 cm³/mol. The van der Waals surface area contributed by atoms with Crippen LogP contribution in [0.5, 0.6) is 5.88 Å². The van der Waals surface area contributed by atoms with Crippen molar-refractivity contribution in [2.24, 2.45) is 5.41 Å². The smallest absolute Gasteiger partial charge is 0.315 e. The fourth-order valence-corrected chi connectivity index (χ4v) is 3.53. The highest BCUT2D eigenvalue weighted by molar-refractivity contribution is 7.03. The first-order valence-electron chi connectivity index (χ1n) is 7.66. The summed E-state index contributed by atoms with van der Waals surface area (Å²) in [6.07, 6.45) is 2.64. The van der Waals surface area contributed by atoms with Crippen LogP contribution in [0.2, 0.25) is 0 Å². The molecule has 2 fully saturated rings. The minimum atomic E-state index is -0.639. The molecular formula is C15H21NO5S. The van der Waals surface area contributed by atoms with Crippen LogP contribution in [0.3, 0.4) is 0 Å². The summed E-state index contributed by atoms with van der Waals surface area (Å²) < 4.78 is 26.6. The molecule has 0 radical (unpaired) electrons. The van der Waals surface area contributed by atoms with Gasteiger partial charge in [0.25, 0.3) is 0 Å². The highest BCUT2D eigenvalue weighted by Gasteiger charge is 2.51. The second-order valence-corrected chi connectivity index (χ2v) is 6.40. The zero-order valence-electron chi connectivity index (χ0n) is 12.7. The Morgan fingerprint density at radius 2 is 2.05 bits per heavy atom. The lowest BCUT2D eigenvalue weighted by Crippen LogP contribution is -2.47. The van der Waals surface area contributed by atoms with Crippen LogP contribution < -0.4 is 4.74 Å². The molecule has 6 nitrogen and oxygen atoms in total. The lowest BCUT2D eigenvalue weighted by Gasteiger charge is -2.41. The van der Waals surface area contributed by atoms with Crippen LogP contribution in [0.1, 0.15) is 32.6 Å². The Morgan fingerprint density at radius 3 is 2.64 bits per heavy atom. The Kier molecular flexibility index (Phi) is 4.65. The standard InChI is InChI=1S/C15H21NO5S/c1-2-18-13(17)14(11-19-12-3-10-22-16-12)4-6-15(7-5-14)20-8-9-21-15/h3,10H,2,4-9,11H2,1H3. The monoisotopic (exact) mass is 327 g/mol. The van der Waals surface area contributed by atoms with E-state index in [1.807, 2.05) is 12.3 Å². The summed E-state index contributed by atoms with van der Waals surface area (Å²) >= 11 is 1.33. The fraction of sp³-hybridized carbons (Fsp3) is 0.733. The van der Waals surface area contributed by atoms with Crippen molar-refractivity contribution >= 4 is 17.5 Å². The summed E-state index contributed by atoms with van der Waals surface area (Å²) in [5.74, 6) is -0.142. The van der Waals surface area contributed by atoms with Gasteiger partial charge in [-0.05, 0) is 31.3 Å². The Hall–Kier alpha value is -1.18. The molecule has 0 amide bonds. The quantitative estimate of drug-likeness (QED) is 0.774. The molecule has 1 aromatic heterocycles. The van der Waals surface area contributed by atoms with Gasteiger partial charge in [-0.1, -0.05) is 0 Å². The molecule has 0 unspecified atom stereocenters. The van der Waals surface area contributed by atoms with E-state index in [1.54, 1.807) is 6.07 Å². The van der Waals surface area contributed by atoms with Gasteiger partial charge < -0.3 is 18.9 Å². The third-order valence-corrected chi connectivity index (χ3v) is 4.94. The summed E-state index contributed by atoms with van der Waals surface area (Å²) in [6, 6.07) is 1.80. The lowest BCUT2D eigenvalue weighted by molar-refractivity contribution is -0.201. The van der Waals surface area contributed by atoms with E-state index < -0.39 is 11.2 Å². The lowest BCUT2D eigenvalue weighted by atomic mass is 9.72. The SMILES string of the molecule is CCOC(=O)C1(COc2ccsn2)CCC2(CC1)OCCO2. The highest BCUT2D eigenvalue weighted by atomic mass is 32.1. The van der Waals surface area contributed by atoms with Gasteiger partial charge in [-0.25, -0.2) is 0 Å². The van der Waals surface area contributed by atoms with Crippen LogP contribution in [-0.4, -0.2) is 42.6 Å². The molecule has 0 atom stereocenters. The van der Waals surface area contributed by atoms with E-state index >= 15 is 0 Å². The number of aromatic nitrogens is 1. The largest absolute Gasteiger partial charge is 0.476 e. The Balaban J connectivity index is 1.68. The van der Waals surface area contributed by atoms with E-state index in [1.165, 1.54) is 11.5 Å². The molecule has 0 bridgehead atoms. The third kappa shape index (κ3) is 3.11. The van der Waals surface area contributed by atoms with Gasteiger partial charge in [0.05, 0.1) is 19.8 Å². The molecule has 0 N–H and O–H groups in total. The molecule has 1 aliphatic carbocycles. The van der Waals surface area contributed by atoms with E-state index in [9.17, 15) is 4.79 Å². The predicted octanol–water partition coefficient (Wildman–Crippen LogP) is 2.39. The van der Waals surface area contributed by atoms with Crippen molar-refractivity contribution in [1.82, 2.24) is 4.37 Å².